The number of nitrogens with one attached hydrogen (secondary N) is 1. The number of rotatable bonds is 4. The maximum absolute atomic E-state index is 13.2. The van der Waals surface area contributed by atoms with Gasteiger partial charge < -0.3 is 15.6 Å². The molecular weight excluding hydrogens is 435 g/mol. The van der Waals surface area contributed by atoms with Gasteiger partial charge in [-0.25, -0.2) is 9.97 Å². The van der Waals surface area contributed by atoms with Crippen molar-refractivity contribution in [1.29, 1.82) is 0 Å². The molecule has 0 bridgehead atoms. The number of nitrogen functional groups attached to an aromatic ring is 1. The van der Waals surface area contributed by atoms with Crippen molar-refractivity contribution in [3.8, 4) is 5.69 Å². The van der Waals surface area contributed by atoms with E-state index in [1.54, 1.807) is 12.1 Å². The summed E-state index contributed by atoms with van der Waals surface area (Å²) >= 11 is 0. The normalized spacial score (nSPS) is 13.5. The van der Waals surface area contributed by atoms with Crippen molar-refractivity contribution in [2.45, 2.75) is 31.9 Å². The third kappa shape index (κ3) is 3.59. The Kier molecular flexibility index (Phi) is 4.84. The van der Waals surface area contributed by atoms with Crippen molar-refractivity contribution in [3.05, 3.63) is 59.3 Å². The van der Waals surface area contributed by atoms with Gasteiger partial charge in [-0.1, -0.05) is 0 Å². The minimum Gasteiger partial charge on any atom is -0.382 e. The summed E-state index contributed by atoms with van der Waals surface area (Å²) in [5.41, 5.74) is 10.3. The molecule has 0 saturated carbocycles. The third-order valence-electron chi connectivity index (χ3n) is 5.86. The van der Waals surface area contributed by atoms with Crippen molar-refractivity contribution < 1.29 is 18.0 Å². The molecule has 1 amide bonds. The molecule has 0 aliphatic heterocycles. The summed E-state index contributed by atoms with van der Waals surface area (Å²) in [6.45, 7) is 0. The topological polar surface area (TPSA) is 104 Å². The molecule has 0 saturated heterocycles. The van der Waals surface area contributed by atoms with E-state index in [-0.39, 0.29) is 5.56 Å². The fraction of sp³-hybridized carbons (Fsp3) is 0.273. The first-order valence-corrected chi connectivity index (χ1v) is 10.3. The maximum Gasteiger partial charge on any atom is 0.433 e. The van der Waals surface area contributed by atoms with Crippen molar-refractivity contribution in [2.24, 2.45) is 7.05 Å². The second kappa shape index (κ2) is 7.61. The maximum atomic E-state index is 13.2. The molecular formula is C22H20F3N7O. The number of aryl methyl sites for hydroxylation is 2. The molecule has 1 aliphatic carbocycles. The van der Waals surface area contributed by atoms with Crippen LogP contribution in [-0.2, 0) is 37.3 Å². The van der Waals surface area contributed by atoms with Crippen molar-refractivity contribution in [3.63, 3.8) is 0 Å². The van der Waals surface area contributed by atoms with E-state index in [2.05, 4.69) is 20.4 Å². The summed E-state index contributed by atoms with van der Waals surface area (Å²) in [6.07, 6.45) is 0.365. The number of carbonyl (C=O) groups is 1. The highest BCUT2D eigenvalue weighted by Gasteiger charge is 2.37. The first-order valence-electron chi connectivity index (χ1n) is 10.3. The zero-order valence-corrected chi connectivity index (χ0v) is 17.6. The van der Waals surface area contributed by atoms with Gasteiger partial charge >= 0.3 is 6.18 Å². The van der Waals surface area contributed by atoms with E-state index in [1.165, 1.54) is 18.9 Å². The fourth-order valence-electron chi connectivity index (χ4n) is 4.53. The molecule has 170 valence electrons. The largest absolute Gasteiger partial charge is 0.433 e. The summed E-state index contributed by atoms with van der Waals surface area (Å²) in [7, 11) is 1.20. The first-order chi connectivity index (χ1) is 15.7. The number of nitrogens with two attached hydrogens (primary N) is 1. The Morgan fingerprint density at radius 1 is 1.18 bits per heavy atom. The molecule has 8 nitrogen and oxygen atoms in total. The molecule has 3 N–H and O–H groups in total. The predicted octanol–water partition coefficient (Wildman–Crippen LogP) is 3.42. The number of nitrogens with zero attached hydrogens (tertiary/aromatic N) is 5. The molecule has 1 aliphatic rings. The SMILES string of the molecule is Cn1ncc(CC(=O)Nc2ccc(-n3c4c(c5ncnc(N)c53)CCC4)cc2)c1C(F)(F)F. The highest BCUT2D eigenvalue weighted by Crippen LogP contribution is 2.36. The van der Waals surface area contributed by atoms with Gasteiger partial charge in [-0.05, 0) is 49.1 Å². The lowest BCUT2D eigenvalue weighted by atomic mass is 10.1. The third-order valence-corrected chi connectivity index (χ3v) is 5.86. The lowest BCUT2D eigenvalue weighted by Crippen LogP contribution is -2.19. The van der Waals surface area contributed by atoms with Gasteiger partial charge in [-0.3, -0.25) is 9.48 Å². The number of hydrogen-bond donors (Lipinski definition) is 2. The Labute approximate surface area is 186 Å². The van der Waals surface area contributed by atoms with Gasteiger partial charge in [0.15, 0.2) is 5.82 Å². The van der Waals surface area contributed by atoms with Gasteiger partial charge in [0.05, 0.1) is 18.1 Å². The zero-order valence-electron chi connectivity index (χ0n) is 17.6. The number of carbonyl (C=O) groups excluding carboxylic acids is 1. The van der Waals surface area contributed by atoms with E-state index in [4.69, 9.17) is 5.73 Å². The standard InChI is InChI=1S/C22H20F3N7O/c1-31-20(22(23,24)25)12(10-29-31)9-17(33)30-13-5-7-14(8-6-13)32-16-4-2-3-15(16)18-19(32)21(26)28-11-27-18/h5-8,10-11H,2-4,9H2,1H3,(H,30,33)(H2,26,27,28). The lowest BCUT2D eigenvalue weighted by molar-refractivity contribution is -0.144. The number of amides is 1. The number of fused-ring (bicyclic) bond motifs is 3. The minimum absolute atomic E-state index is 0.177. The molecule has 5 rings (SSSR count). The Bertz CT molecular complexity index is 1370. The minimum atomic E-state index is -4.59. The molecule has 11 heteroatoms. The number of alkyl halides is 3. The van der Waals surface area contributed by atoms with Crippen LogP contribution in [0.3, 0.4) is 0 Å². The summed E-state index contributed by atoms with van der Waals surface area (Å²) < 4.78 is 42.4. The Hall–Kier alpha value is -3.89. The van der Waals surface area contributed by atoms with E-state index < -0.39 is 24.2 Å². The van der Waals surface area contributed by atoms with Gasteiger partial charge in [-0.2, -0.15) is 18.3 Å². The van der Waals surface area contributed by atoms with Crippen LogP contribution in [0.2, 0.25) is 0 Å². The smallest absolute Gasteiger partial charge is 0.382 e. The number of anilines is 2. The summed E-state index contributed by atoms with van der Waals surface area (Å²) in [5, 5.41) is 6.29. The van der Waals surface area contributed by atoms with Crippen molar-refractivity contribution in [2.75, 3.05) is 11.1 Å². The van der Waals surface area contributed by atoms with Crippen LogP contribution in [0.5, 0.6) is 0 Å². The molecule has 0 spiro atoms. The van der Waals surface area contributed by atoms with Gasteiger partial charge in [-0.15, -0.1) is 0 Å². The van der Waals surface area contributed by atoms with Crippen LogP contribution in [-0.4, -0.2) is 30.2 Å². The molecule has 0 atom stereocenters. The van der Waals surface area contributed by atoms with Crippen LogP contribution in [0.15, 0.2) is 36.8 Å². The summed E-state index contributed by atoms with van der Waals surface area (Å²) in [5.74, 6) is -0.171. The van der Waals surface area contributed by atoms with E-state index >= 15 is 0 Å². The first kappa shape index (κ1) is 21.0. The van der Waals surface area contributed by atoms with Gasteiger partial charge in [0, 0.05) is 29.7 Å². The fourth-order valence-corrected chi connectivity index (χ4v) is 4.53. The van der Waals surface area contributed by atoms with E-state index in [9.17, 15) is 18.0 Å². The van der Waals surface area contributed by atoms with Crippen LogP contribution in [0.1, 0.15) is 28.9 Å². The molecule has 0 fully saturated rings. The monoisotopic (exact) mass is 455 g/mol. The van der Waals surface area contributed by atoms with Crippen molar-refractivity contribution in [1.82, 2.24) is 24.3 Å². The highest BCUT2D eigenvalue weighted by atomic mass is 19.4. The highest BCUT2D eigenvalue weighted by molar-refractivity contribution is 5.93. The quantitative estimate of drug-likeness (QED) is 0.491. The van der Waals surface area contributed by atoms with Crippen LogP contribution in [0.4, 0.5) is 24.7 Å². The molecule has 3 heterocycles. The number of aromatic nitrogens is 5. The average molecular weight is 455 g/mol. The van der Waals surface area contributed by atoms with Crippen molar-refractivity contribution >= 4 is 28.4 Å². The van der Waals surface area contributed by atoms with E-state index in [0.29, 0.717) is 11.5 Å². The summed E-state index contributed by atoms with van der Waals surface area (Å²) in [6, 6.07) is 7.05. The van der Waals surface area contributed by atoms with Crippen LogP contribution >= 0.6 is 0 Å². The molecule has 0 unspecified atom stereocenters. The number of hydrogen-bond acceptors (Lipinski definition) is 5. The van der Waals surface area contributed by atoms with E-state index in [1.807, 2.05) is 16.7 Å². The van der Waals surface area contributed by atoms with Crippen LogP contribution < -0.4 is 11.1 Å². The Morgan fingerprint density at radius 3 is 2.67 bits per heavy atom. The second-order valence-corrected chi connectivity index (χ2v) is 7.98. The molecule has 3 aromatic heterocycles. The Morgan fingerprint density at radius 2 is 1.94 bits per heavy atom. The van der Waals surface area contributed by atoms with Crippen LogP contribution in [0.25, 0.3) is 16.7 Å². The molecule has 1 aromatic carbocycles. The van der Waals surface area contributed by atoms with Gasteiger partial charge in [0.2, 0.25) is 5.91 Å². The summed E-state index contributed by atoms with van der Waals surface area (Å²) in [4.78, 5) is 21.0. The van der Waals surface area contributed by atoms with Gasteiger partial charge in [0.1, 0.15) is 17.5 Å². The lowest BCUT2D eigenvalue weighted by Gasteiger charge is -2.12. The second-order valence-electron chi connectivity index (χ2n) is 7.98. The molecule has 33 heavy (non-hydrogen) atoms. The van der Waals surface area contributed by atoms with Gasteiger partial charge in [0.25, 0.3) is 0 Å². The number of halogens is 3. The average Bonchev–Trinajstić information content (AvgIpc) is 3.43. The zero-order chi connectivity index (χ0) is 23.3. The number of benzene rings is 1. The predicted molar refractivity (Wildman–Crippen MR) is 116 cm³/mol. The Balaban J connectivity index is 1.40. The van der Waals surface area contributed by atoms with Crippen LogP contribution in [0, 0.1) is 0 Å². The molecule has 0 radical (unpaired) electrons. The van der Waals surface area contributed by atoms with E-state index in [0.717, 1.165) is 52.6 Å². The molecule has 4 aromatic rings.